The number of rotatable bonds is 2. The molecule has 1 aromatic carbocycles. The van der Waals surface area contributed by atoms with E-state index in [0.717, 1.165) is 17.3 Å². The maximum atomic E-state index is 12.7. The molecule has 0 aliphatic carbocycles. The van der Waals surface area contributed by atoms with Crippen LogP contribution >= 0.6 is 0 Å². The lowest BCUT2D eigenvalue weighted by molar-refractivity contribution is 0.102. The molecule has 0 saturated carbocycles. The summed E-state index contributed by atoms with van der Waals surface area (Å²) in [5.74, 6) is -0.905. The Labute approximate surface area is 110 Å². The average Bonchev–Trinajstić information content (AvgIpc) is 2.36. The van der Waals surface area contributed by atoms with Crippen molar-refractivity contribution in [2.45, 2.75) is 13.8 Å². The van der Waals surface area contributed by atoms with Crippen LogP contribution in [0.4, 0.5) is 15.8 Å². The van der Waals surface area contributed by atoms with Gasteiger partial charge in [0, 0.05) is 0 Å². The van der Waals surface area contributed by atoms with Crippen LogP contribution in [0.1, 0.15) is 21.6 Å². The number of hydrogen-bond donors (Lipinski definition) is 2. The molecular formula is C14H14FN3O. The molecule has 1 amide bonds. The second kappa shape index (κ2) is 5.06. The predicted molar refractivity (Wildman–Crippen MR) is 72.5 cm³/mol. The molecule has 98 valence electrons. The Morgan fingerprint density at radius 2 is 1.95 bits per heavy atom. The number of nitrogens with zero attached hydrogens (tertiary/aromatic N) is 1. The van der Waals surface area contributed by atoms with Crippen LogP contribution in [-0.4, -0.2) is 10.9 Å². The second-order valence-corrected chi connectivity index (χ2v) is 4.34. The number of amides is 1. The van der Waals surface area contributed by atoms with Gasteiger partial charge in [0.15, 0.2) is 0 Å². The van der Waals surface area contributed by atoms with Gasteiger partial charge >= 0.3 is 0 Å². The van der Waals surface area contributed by atoms with Crippen molar-refractivity contribution in [3.63, 3.8) is 0 Å². The van der Waals surface area contributed by atoms with E-state index in [4.69, 9.17) is 5.73 Å². The predicted octanol–water partition coefficient (Wildman–Crippen LogP) is 2.67. The van der Waals surface area contributed by atoms with Crippen molar-refractivity contribution in [1.29, 1.82) is 0 Å². The van der Waals surface area contributed by atoms with Gasteiger partial charge in [-0.2, -0.15) is 0 Å². The summed E-state index contributed by atoms with van der Waals surface area (Å²) >= 11 is 0. The molecule has 1 heterocycles. The van der Waals surface area contributed by atoms with E-state index >= 15 is 0 Å². The van der Waals surface area contributed by atoms with Gasteiger partial charge < -0.3 is 11.1 Å². The summed E-state index contributed by atoms with van der Waals surface area (Å²) in [7, 11) is 0. The molecule has 2 aromatic rings. The molecule has 5 heteroatoms. The first-order valence-electron chi connectivity index (χ1n) is 5.77. The van der Waals surface area contributed by atoms with Crippen molar-refractivity contribution >= 4 is 17.3 Å². The van der Waals surface area contributed by atoms with Gasteiger partial charge in [-0.3, -0.25) is 4.79 Å². The highest BCUT2D eigenvalue weighted by atomic mass is 19.1. The van der Waals surface area contributed by atoms with Crippen molar-refractivity contribution in [2.75, 3.05) is 11.1 Å². The molecule has 0 unspecified atom stereocenters. The number of nitrogens with two attached hydrogens (primary N) is 1. The van der Waals surface area contributed by atoms with Gasteiger partial charge in [-0.1, -0.05) is 0 Å². The monoisotopic (exact) mass is 259 g/mol. The lowest BCUT2D eigenvalue weighted by Gasteiger charge is -2.10. The SMILES string of the molecule is Cc1cc(N)c(NC(=O)c2ccc(F)cn2)cc1C. The van der Waals surface area contributed by atoms with E-state index in [9.17, 15) is 9.18 Å². The van der Waals surface area contributed by atoms with E-state index in [-0.39, 0.29) is 5.69 Å². The fraction of sp³-hybridized carbons (Fsp3) is 0.143. The lowest BCUT2D eigenvalue weighted by Crippen LogP contribution is -2.15. The van der Waals surface area contributed by atoms with Crippen molar-refractivity contribution in [1.82, 2.24) is 4.98 Å². The van der Waals surface area contributed by atoms with E-state index < -0.39 is 11.7 Å². The van der Waals surface area contributed by atoms with Gasteiger partial charge in [0.25, 0.3) is 5.91 Å². The van der Waals surface area contributed by atoms with Crippen LogP contribution in [0.2, 0.25) is 0 Å². The van der Waals surface area contributed by atoms with Crippen molar-refractivity contribution < 1.29 is 9.18 Å². The molecule has 0 fully saturated rings. The van der Waals surface area contributed by atoms with Crippen molar-refractivity contribution in [2.24, 2.45) is 0 Å². The zero-order chi connectivity index (χ0) is 14.0. The molecule has 0 radical (unpaired) electrons. The Hall–Kier alpha value is -2.43. The molecular weight excluding hydrogens is 245 g/mol. The van der Waals surface area contributed by atoms with Crippen LogP contribution in [0.5, 0.6) is 0 Å². The zero-order valence-corrected chi connectivity index (χ0v) is 10.7. The van der Waals surface area contributed by atoms with Crippen molar-refractivity contribution in [3.8, 4) is 0 Å². The molecule has 19 heavy (non-hydrogen) atoms. The number of pyridine rings is 1. The van der Waals surface area contributed by atoms with Crippen molar-refractivity contribution in [3.05, 3.63) is 53.1 Å². The van der Waals surface area contributed by atoms with Gasteiger partial charge in [0.1, 0.15) is 11.5 Å². The second-order valence-electron chi connectivity index (χ2n) is 4.34. The number of carbonyl (C=O) groups excluding carboxylic acids is 1. The summed E-state index contributed by atoms with van der Waals surface area (Å²) in [6.45, 7) is 3.87. The maximum Gasteiger partial charge on any atom is 0.274 e. The molecule has 0 saturated heterocycles. The van der Waals surface area contributed by atoms with Crippen LogP contribution in [0.3, 0.4) is 0 Å². The highest BCUT2D eigenvalue weighted by molar-refractivity contribution is 6.04. The molecule has 2 rings (SSSR count). The topological polar surface area (TPSA) is 68.0 Å². The Morgan fingerprint density at radius 3 is 2.58 bits per heavy atom. The largest absolute Gasteiger partial charge is 0.397 e. The third kappa shape index (κ3) is 2.88. The summed E-state index contributed by atoms with van der Waals surface area (Å²) in [4.78, 5) is 15.6. The van der Waals surface area contributed by atoms with Crippen LogP contribution in [-0.2, 0) is 0 Å². The van der Waals surface area contributed by atoms with Crippen LogP contribution < -0.4 is 11.1 Å². The van der Waals surface area contributed by atoms with Gasteiger partial charge in [-0.25, -0.2) is 9.37 Å². The Bertz CT molecular complexity index is 623. The molecule has 0 bridgehead atoms. The number of carbonyl (C=O) groups is 1. The Balaban J connectivity index is 2.24. The first kappa shape index (κ1) is 13.0. The zero-order valence-electron chi connectivity index (χ0n) is 10.7. The lowest BCUT2D eigenvalue weighted by atomic mass is 10.1. The fourth-order valence-electron chi connectivity index (χ4n) is 1.64. The van der Waals surface area contributed by atoms with Gasteiger partial charge in [-0.15, -0.1) is 0 Å². The molecule has 3 N–H and O–H groups in total. The van der Waals surface area contributed by atoms with Gasteiger partial charge in [-0.05, 0) is 49.2 Å². The fourth-order valence-corrected chi connectivity index (χ4v) is 1.64. The minimum atomic E-state index is -0.484. The summed E-state index contributed by atoms with van der Waals surface area (Å²) in [5.41, 5.74) is 9.07. The number of anilines is 2. The van der Waals surface area contributed by atoms with Gasteiger partial charge in [0.05, 0.1) is 17.6 Å². The minimum absolute atomic E-state index is 0.138. The van der Waals surface area contributed by atoms with E-state index in [1.54, 1.807) is 12.1 Å². The number of nitrogen functional groups attached to an aromatic ring is 1. The first-order valence-corrected chi connectivity index (χ1v) is 5.77. The Morgan fingerprint density at radius 1 is 1.26 bits per heavy atom. The number of aryl methyl sites for hydroxylation is 2. The summed E-state index contributed by atoms with van der Waals surface area (Å²) in [6.07, 6.45) is 0.999. The molecule has 0 atom stereocenters. The third-order valence-electron chi connectivity index (χ3n) is 2.87. The molecule has 0 spiro atoms. The van der Waals surface area contributed by atoms with Crippen LogP contribution in [0, 0.1) is 19.7 Å². The standard InChI is InChI=1S/C14H14FN3O/c1-8-5-11(16)13(6-9(8)2)18-14(19)12-4-3-10(15)7-17-12/h3-7H,16H2,1-2H3,(H,18,19). The number of halogens is 1. The molecule has 0 aliphatic rings. The van der Waals surface area contributed by atoms with Crippen LogP contribution in [0.15, 0.2) is 30.5 Å². The summed E-state index contributed by atoms with van der Waals surface area (Å²) in [6, 6.07) is 6.10. The van der Waals surface area contributed by atoms with Gasteiger partial charge in [0.2, 0.25) is 0 Å². The summed E-state index contributed by atoms with van der Waals surface area (Å²) < 4.78 is 12.7. The van der Waals surface area contributed by atoms with Crippen LogP contribution in [0.25, 0.3) is 0 Å². The smallest absolute Gasteiger partial charge is 0.274 e. The summed E-state index contributed by atoms with van der Waals surface area (Å²) in [5, 5.41) is 2.67. The first-order chi connectivity index (χ1) is 8.97. The average molecular weight is 259 g/mol. The highest BCUT2D eigenvalue weighted by Gasteiger charge is 2.10. The van der Waals surface area contributed by atoms with E-state index in [1.807, 2.05) is 13.8 Å². The van der Waals surface area contributed by atoms with E-state index in [0.29, 0.717) is 11.4 Å². The molecule has 0 aliphatic heterocycles. The van der Waals surface area contributed by atoms with E-state index in [2.05, 4.69) is 10.3 Å². The maximum absolute atomic E-state index is 12.7. The number of nitrogens with one attached hydrogen (secondary N) is 1. The minimum Gasteiger partial charge on any atom is -0.397 e. The van der Waals surface area contributed by atoms with E-state index in [1.165, 1.54) is 12.1 Å². The normalized spacial score (nSPS) is 10.3. The molecule has 4 nitrogen and oxygen atoms in total. The molecule has 1 aromatic heterocycles. The number of benzene rings is 1. The highest BCUT2D eigenvalue weighted by Crippen LogP contribution is 2.23. The third-order valence-corrected chi connectivity index (χ3v) is 2.87. The quantitative estimate of drug-likeness (QED) is 0.815. The number of hydrogen-bond acceptors (Lipinski definition) is 3. The number of aromatic nitrogens is 1. The Kier molecular flexibility index (Phi) is 3.46.